The maximum atomic E-state index is 11.7. The first-order valence-corrected chi connectivity index (χ1v) is 6.10. The van der Waals surface area contributed by atoms with Crippen molar-refractivity contribution >= 4 is 24.3 Å². The number of hydrogen-bond donors (Lipinski definition) is 1. The van der Waals surface area contributed by atoms with Gasteiger partial charge in [0, 0.05) is 13.8 Å². The van der Waals surface area contributed by atoms with E-state index < -0.39 is 12.3 Å². The number of carbonyl (C=O) groups excluding carboxylic acids is 2. The summed E-state index contributed by atoms with van der Waals surface area (Å²) in [7, 11) is 0. The SMILES string of the molecule is CC(=O)OC(C)OC(=O)C1CCC(CN)CC1.Cl. The minimum absolute atomic E-state index is 0. The van der Waals surface area contributed by atoms with Crippen molar-refractivity contribution in [2.45, 2.75) is 45.8 Å². The van der Waals surface area contributed by atoms with Crippen LogP contribution in [-0.4, -0.2) is 24.8 Å². The van der Waals surface area contributed by atoms with E-state index in [1.165, 1.54) is 6.92 Å². The van der Waals surface area contributed by atoms with Gasteiger partial charge in [0.15, 0.2) is 0 Å². The number of esters is 2. The molecular formula is C12H22ClNO4. The number of ether oxygens (including phenoxy) is 2. The van der Waals surface area contributed by atoms with Crippen molar-refractivity contribution in [2.75, 3.05) is 6.54 Å². The summed E-state index contributed by atoms with van der Waals surface area (Å²) >= 11 is 0. The molecule has 1 aliphatic rings. The normalized spacial score (nSPS) is 24.6. The number of carbonyl (C=O) groups is 2. The maximum absolute atomic E-state index is 11.7. The number of nitrogens with two attached hydrogens (primary N) is 1. The van der Waals surface area contributed by atoms with Gasteiger partial charge in [0.1, 0.15) is 0 Å². The Kier molecular flexibility index (Phi) is 7.95. The standard InChI is InChI=1S/C12H21NO4.ClH/c1-8(14)16-9(2)17-12(15)11-5-3-10(7-13)4-6-11;/h9-11H,3-7,13H2,1-2H3;1H. The number of rotatable bonds is 4. The van der Waals surface area contributed by atoms with Gasteiger partial charge in [-0.1, -0.05) is 0 Å². The fourth-order valence-electron chi connectivity index (χ4n) is 2.15. The van der Waals surface area contributed by atoms with Gasteiger partial charge in [-0.3, -0.25) is 9.59 Å². The molecule has 1 aliphatic carbocycles. The molecule has 1 saturated carbocycles. The second-order valence-corrected chi connectivity index (χ2v) is 4.57. The molecule has 0 aromatic rings. The van der Waals surface area contributed by atoms with Gasteiger partial charge >= 0.3 is 11.9 Å². The number of hydrogen-bond acceptors (Lipinski definition) is 5. The van der Waals surface area contributed by atoms with Gasteiger partial charge in [-0.15, -0.1) is 12.4 Å². The van der Waals surface area contributed by atoms with Gasteiger partial charge in [0.2, 0.25) is 6.29 Å². The molecule has 5 nitrogen and oxygen atoms in total. The van der Waals surface area contributed by atoms with Crippen LogP contribution in [0.5, 0.6) is 0 Å². The van der Waals surface area contributed by atoms with Gasteiger partial charge in [-0.25, -0.2) is 0 Å². The molecule has 1 fully saturated rings. The Morgan fingerprint density at radius 3 is 2.22 bits per heavy atom. The van der Waals surface area contributed by atoms with Crippen LogP contribution in [-0.2, 0) is 19.1 Å². The van der Waals surface area contributed by atoms with Crippen molar-refractivity contribution in [3.63, 3.8) is 0 Å². The highest BCUT2D eigenvalue weighted by molar-refractivity contribution is 5.85. The molecule has 18 heavy (non-hydrogen) atoms. The second kappa shape index (κ2) is 8.32. The zero-order valence-corrected chi connectivity index (χ0v) is 11.7. The first kappa shape index (κ1) is 17.2. The van der Waals surface area contributed by atoms with Crippen LogP contribution >= 0.6 is 12.4 Å². The molecular weight excluding hydrogens is 258 g/mol. The monoisotopic (exact) mass is 279 g/mol. The fourth-order valence-corrected chi connectivity index (χ4v) is 2.15. The highest BCUT2D eigenvalue weighted by Gasteiger charge is 2.28. The zero-order valence-electron chi connectivity index (χ0n) is 10.9. The average Bonchev–Trinajstić information content (AvgIpc) is 2.28. The minimum Gasteiger partial charge on any atom is -0.426 e. The van der Waals surface area contributed by atoms with Crippen molar-refractivity contribution in [3.05, 3.63) is 0 Å². The highest BCUT2D eigenvalue weighted by atomic mass is 35.5. The van der Waals surface area contributed by atoms with E-state index in [0.717, 1.165) is 25.7 Å². The molecule has 0 aliphatic heterocycles. The molecule has 0 saturated heterocycles. The molecule has 106 valence electrons. The highest BCUT2D eigenvalue weighted by Crippen LogP contribution is 2.29. The molecule has 1 unspecified atom stereocenters. The van der Waals surface area contributed by atoms with E-state index >= 15 is 0 Å². The third kappa shape index (κ3) is 5.69. The molecule has 0 heterocycles. The molecule has 1 atom stereocenters. The van der Waals surface area contributed by atoms with Crippen LogP contribution < -0.4 is 5.73 Å². The van der Waals surface area contributed by atoms with Crippen LogP contribution in [0, 0.1) is 11.8 Å². The van der Waals surface area contributed by atoms with E-state index in [4.69, 9.17) is 15.2 Å². The van der Waals surface area contributed by atoms with Gasteiger partial charge in [-0.2, -0.15) is 0 Å². The lowest BCUT2D eigenvalue weighted by Gasteiger charge is -2.27. The number of halogens is 1. The molecule has 0 spiro atoms. The predicted octanol–water partition coefficient (Wildman–Crippen LogP) is 1.63. The van der Waals surface area contributed by atoms with Crippen LogP contribution in [0.1, 0.15) is 39.5 Å². The summed E-state index contributed by atoms with van der Waals surface area (Å²) in [6.07, 6.45) is 2.77. The van der Waals surface area contributed by atoms with E-state index in [-0.39, 0.29) is 24.3 Å². The molecule has 2 N–H and O–H groups in total. The van der Waals surface area contributed by atoms with Gasteiger partial charge in [0.25, 0.3) is 0 Å². The van der Waals surface area contributed by atoms with Gasteiger partial charge < -0.3 is 15.2 Å². The lowest BCUT2D eigenvalue weighted by molar-refractivity contribution is -0.186. The summed E-state index contributed by atoms with van der Waals surface area (Å²) in [4.78, 5) is 22.4. The molecule has 0 radical (unpaired) electrons. The van der Waals surface area contributed by atoms with E-state index in [0.29, 0.717) is 12.5 Å². The Morgan fingerprint density at radius 1 is 1.22 bits per heavy atom. The molecule has 6 heteroatoms. The third-order valence-electron chi connectivity index (χ3n) is 3.13. The van der Waals surface area contributed by atoms with Crippen LogP contribution in [0.15, 0.2) is 0 Å². The Bertz CT molecular complexity index is 277. The predicted molar refractivity (Wildman–Crippen MR) is 69.1 cm³/mol. The molecule has 0 aromatic carbocycles. The molecule has 0 amide bonds. The third-order valence-corrected chi connectivity index (χ3v) is 3.13. The Labute approximate surface area is 114 Å². The Balaban J connectivity index is 0.00000289. The summed E-state index contributed by atoms with van der Waals surface area (Å²) in [6.45, 7) is 3.52. The summed E-state index contributed by atoms with van der Waals surface area (Å²) in [5, 5.41) is 0. The van der Waals surface area contributed by atoms with Gasteiger partial charge in [0.05, 0.1) is 5.92 Å². The van der Waals surface area contributed by atoms with E-state index in [9.17, 15) is 9.59 Å². The minimum atomic E-state index is -0.799. The van der Waals surface area contributed by atoms with E-state index in [1.807, 2.05) is 0 Å². The summed E-state index contributed by atoms with van der Waals surface area (Å²) in [5.74, 6) is -0.257. The first-order valence-electron chi connectivity index (χ1n) is 6.10. The summed E-state index contributed by atoms with van der Waals surface area (Å²) < 4.78 is 9.81. The van der Waals surface area contributed by atoms with Crippen LogP contribution in [0.3, 0.4) is 0 Å². The van der Waals surface area contributed by atoms with Crippen LogP contribution in [0.2, 0.25) is 0 Å². The van der Waals surface area contributed by atoms with Crippen molar-refractivity contribution < 1.29 is 19.1 Å². The van der Waals surface area contributed by atoms with Gasteiger partial charge in [-0.05, 0) is 38.1 Å². The van der Waals surface area contributed by atoms with E-state index in [1.54, 1.807) is 6.92 Å². The van der Waals surface area contributed by atoms with Crippen molar-refractivity contribution in [3.8, 4) is 0 Å². The summed E-state index contributed by atoms with van der Waals surface area (Å²) in [6, 6.07) is 0. The quantitative estimate of drug-likeness (QED) is 0.625. The molecule has 1 rings (SSSR count). The van der Waals surface area contributed by atoms with Crippen molar-refractivity contribution in [1.82, 2.24) is 0 Å². The summed E-state index contributed by atoms with van der Waals surface area (Å²) in [5.41, 5.74) is 5.59. The molecule has 0 aromatic heterocycles. The van der Waals surface area contributed by atoms with Crippen LogP contribution in [0.4, 0.5) is 0 Å². The Hall–Kier alpha value is -0.810. The lowest BCUT2D eigenvalue weighted by Crippen LogP contribution is -2.30. The van der Waals surface area contributed by atoms with Crippen LogP contribution in [0.25, 0.3) is 0 Å². The van der Waals surface area contributed by atoms with Crippen molar-refractivity contribution in [2.24, 2.45) is 17.6 Å². The lowest BCUT2D eigenvalue weighted by atomic mass is 9.82. The largest absolute Gasteiger partial charge is 0.426 e. The van der Waals surface area contributed by atoms with Crippen molar-refractivity contribution in [1.29, 1.82) is 0 Å². The smallest absolute Gasteiger partial charge is 0.311 e. The zero-order chi connectivity index (χ0) is 12.8. The Morgan fingerprint density at radius 2 is 1.78 bits per heavy atom. The average molecular weight is 280 g/mol. The maximum Gasteiger partial charge on any atom is 0.311 e. The topological polar surface area (TPSA) is 78.6 Å². The molecule has 0 bridgehead atoms. The fraction of sp³-hybridized carbons (Fsp3) is 0.833. The second-order valence-electron chi connectivity index (χ2n) is 4.57. The van der Waals surface area contributed by atoms with E-state index in [2.05, 4.69) is 0 Å². The first-order chi connectivity index (χ1) is 8.02.